The van der Waals surface area contributed by atoms with E-state index in [9.17, 15) is 9.59 Å². The van der Waals surface area contributed by atoms with Gasteiger partial charge in [0.25, 0.3) is 5.91 Å². The van der Waals surface area contributed by atoms with Crippen molar-refractivity contribution in [3.63, 3.8) is 0 Å². The average molecular weight is 320 g/mol. The van der Waals surface area contributed by atoms with E-state index >= 15 is 0 Å². The minimum Gasteiger partial charge on any atom is -0.480 e. The number of carbonyl (C=O) groups is 2. The zero-order chi connectivity index (χ0) is 17.0. The molecule has 1 aliphatic heterocycles. The largest absolute Gasteiger partial charge is 0.480 e. The van der Waals surface area contributed by atoms with Crippen molar-refractivity contribution in [1.29, 1.82) is 0 Å². The molecule has 0 fully saturated rings. The van der Waals surface area contributed by atoms with Gasteiger partial charge in [-0.05, 0) is 32.4 Å². The topological polar surface area (TPSA) is 67.9 Å². The van der Waals surface area contributed by atoms with Gasteiger partial charge in [-0.2, -0.15) is 0 Å². The number of carbonyl (C=O) groups excluding carboxylic acids is 2. The number of nitrogens with one attached hydrogen (secondary N) is 1. The minimum absolute atomic E-state index is 0.168. The lowest BCUT2D eigenvalue weighted by molar-refractivity contribution is -0.127. The van der Waals surface area contributed by atoms with Gasteiger partial charge in [-0.15, -0.1) is 0 Å². The Morgan fingerprint density at radius 3 is 2.70 bits per heavy atom. The Morgan fingerprint density at radius 2 is 2.04 bits per heavy atom. The fourth-order valence-corrected chi connectivity index (χ4v) is 2.22. The highest BCUT2D eigenvalue weighted by Crippen LogP contribution is 2.27. The number of nitrogens with zero attached hydrogens (tertiary/aromatic N) is 1. The number of likely N-dealkylation sites (N-methyl/N-ethyl adjacent to an activating group) is 1. The molecule has 1 aromatic carbocycles. The van der Waals surface area contributed by atoms with Gasteiger partial charge in [0.05, 0.1) is 0 Å². The Bertz CT molecular complexity index is 555. The van der Waals surface area contributed by atoms with Crippen molar-refractivity contribution in [3.8, 4) is 5.75 Å². The van der Waals surface area contributed by atoms with Gasteiger partial charge in [-0.25, -0.2) is 4.79 Å². The molecule has 23 heavy (non-hydrogen) atoms. The Labute approximate surface area is 136 Å². The highest BCUT2D eigenvalue weighted by atomic mass is 16.6. The number of rotatable bonds is 4. The number of para-hydroxylation sites is 1. The van der Waals surface area contributed by atoms with Crippen LogP contribution in [-0.4, -0.2) is 48.7 Å². The molecule has 6 heteroatoms. The van der Waals surface area contributed by atoms with E-state index in [-0.39, 0.29) is 5.91 Å². The van der Waals surface area contributed by atoms with Crippen molar-refractivity contribution in [3.05, 3.63) is 29.8 Å². The van der Waals surface area contributed by atoms with Crippen LogP contribution < -0.4 is 10.1 Å². The SMILES string of the molecule is CN(CCNC(=O)[C@H]1Cc2ccccc2O1)C(=O)OC(C)(C)C. The molecular formula is C17H24N2O4. The standard InChI is InChI=1S/C17H24N2O4/c1-17(2,3)23-16(21)19(4)10-9-18-15(20)14-11-12-7-5-6-8-13(12)22-14/h5-8,14H,9-11H2,1-4H3,(H,18,20)/t14-/m1/s1. The average Bonchev–Trinajstić information content (AvgIpc) is 2.89. The molecule has 1 N–H and O–H groups in total. The molecule has 0 aromatic heterocycles. The summed E-state index contributed by atoms with van der Waals surface area (Å²) >= 11 is 0. The highest BCUT2D eigenvalue weighted by molar-refractivity contribution is 5.82. The summed E-state index contributed by atoms with van der Waals surface area (Å²) in [4.78, 5) is 25.4. The molecular weight excluding hydrogens is 296 g/mol. The Balaban J connectivity index is 1.73. The number of hydrogen-bond acceptors (Lipinski definition) is 4. The molecule has 0 bridgehead atoms. The Hall–Kier alpha value is -2.24. The quantitative estimate of drug-likeness (QED) is 0.921. The van der Waals surface area contributed by atoms with Gasteiger partial charge in [-0.1, -0.05) is 18.2 Å². The lowest BCUT2D eigenvalue weighted by Crippen LogP contribution is -2.43. The molecule has 0 saturated carbocycles. The second kappa shape index (κ2) is 6.89. The van der Waals surface area contributed by atoms with Crippen LogP contribution in [0, 0.1) is 0 Å². The van der Waals surface area contributed by atoms with Crippen molar-refractivity contribution in [2.75, 3.05) is 20.1 Å². The van der Waals surface area contributed by atoms with Crippen LogP contribution in [0.4, 0.5) is 4.79 Å². The lowest BCUT2D eigenvalue weighted by Gasteiger charge is -2.24. The molecule has 1 atom stereocenters. The van der Waals surface area contributed by atoms with Gasteiger partial charge in [0.15, 0.2) is 6.10 Å². The van der Waals surface area contributed by atoms with E-state index in [1.807, 2.05) is 45.0 Å². The summed E-state index contributed by atoms with van der Waals surface area (Å²) in [6.45, 7) is 6.17. The zero-order valence-corrected chi connectivity index (χ0v) is 14.1. The fraction of sp³-hybridized carbons (Fsp3) is 0.529. The lowest BCUT2D eigenvalue weighted by atomic mass is 10.1. The molecule has 1 aliphatic rings. The second-order valence-corrected chi connectivity index (χ2v) is 6.61. The number of fused-ring (bicyclic) bond motifs is 1. The zero-order valence-electron chi connectivity index (χ0n) is 14.1. The molecule has 0 unspecified atom stereocenters. The first-order valence-electron chi connectivity index (χ1n) is 7.72. The number of hydrogen-bond donors (Lipinski definition) is 1. The van der Waals surface area contributed by atoms with Crippen LogP contribution in [0.15, 0.2) is 24.3 Å². The highest BCUT2D eigenvalue weighted by Gasteiger charge is 2.28. The van der Waals surface area contributed by atoms with Crippen LogP contribution in [0.3, 0.4) is 0 Å². The monoisotopic (exact) mass is 320 g/mol. The van der Waals surface area contributed by atoms with Crippen molar-refractivity contribution in [2.24, 2.45) is 0 Å². The van der Waals surface area contributed by atoms with Gasteiger partial charge >= 0.3 is 6.09 Å². The molecule has 1 heterocycles. The first-order chi connectivity index (χ1) is 10.8. The van der Waals surface area contributed by atoms with Crippen LogP contribution in [0.2, 0.25) is 0 Å². The maximum atomic E-state index is 12.1. The van der Waals surface area contributed by atoms with Crippen molar-refractivity contribution in [1.82, 2.24) is 10.2 Å². The van der Waals surface area contributed by atoms with E-state index in [2.05, 4.69) is 5.32 Å². The molecule has 0 aliphatic carbocycles. The third kappa shape index (κ3) is 4.87. The van der Waals surface area contributed by atoms with Gasteiger partial charge in [-0.3, -0.25) is 4.79 Å². The number of ether oxygens (including phenoxy) is 2. The predicted molar refractivity (Wildman–Crippen MR) is 86.4 cm³/mol. The molecule has 6 nitrogen and oxygen atoms in total. The van der Waals surface area contributed by atoms with E-state index in [1.165, 1.54) is 4.90 Å². The summed E-state index contributed by atoms with van der Waals surface area (Å²) in [5.41, 5.74) is 0.511. The summed E-state index contributed by atoms with van der Waals surface area (Å²) in [5, 5.41) is 2.79. The van der Waals surface area contributed by atoms with Crippen LogP contribution in [0.5, 0.6) is 5.75 Å². The normalized spacial score (nSPS) is 16.3. The first-order valence-corrected chi connectivity index (χ1v) is 7.72. The minimum atomic E-state index is -0.530. The fourth-order valence-electron chi connectivity index (χ4n) is 2.22. The Morgan fingerprint density at radius 1 is 1.35 bits per heavy atom. The molecule has 0 saturated heterocycles. The molecule has 1 aromatic rings. The van der Waals surface area contributed by atoms with Crippen LogP contribution in [0.25, 0.3) is 0 Å². The second-order valence-electron chi connectivity index (χ2n) is 6.61. The third-order valence-corrected chi connectivity index (χ3v) is 3.39. The summed E-state index contributed by atoms with van der Waals surface area (Å²) < 4.78 is 10.9. The molecule has 0 spiro atoms. The molecule has 0 radical (unpaired) electrons. The summed E-state index contributed by atoms with van der Waals surface area (Å²) in [6, 6.07) is 7.63. The number of benzene rings is 1. The third-order valence-electron chi connectivity index (χ3n) is 3.39. The molecule has 2 amide bonds. The Kier molecular flexibility index (Phi) is 5.13. The van der Waals surface area contributed by atoms with E-state index in [1.54, 1.807) is 7.05 Å². The predicted octanol–water partition coefficient (Wildman–Crippen LogP) is 1.97. The molecule has 2 rings (SSSR count). The van der Waals surface area contributed by atoms with E-state index in [0.717, 1.165) is 11.3 Å². The van der Waals surface area contributed by atoms with Crippen LogP contribution in [-0.2, 0) is 16.0 Å². The van der Waals surface area contributed by atoms with Crippen LogP contribution >= 0.6 is 0 Å². The summed E-state index contributed by atoms with van der Waals surface area (Å²) in [7, 11) is 1.64. The van der Waals surface area contributed by atoms with Crippen LogP contribution in [0.1, 0.15) is 26.3 Å². The van der Waals surface area contributed by atoms with Gasteiger partial charge in [0, 0.05) is 26.6 Å². The maximum absolute atomic E-state index is 12.1. The first kappa shape index (κ1) is 17.1. The van der Waals surface area contributed by atoms with Crippen molar-refractivity contribution in [2.45, 2.75) is 38.9 Å². The van der Waals surface area contributed by atoms with Crippen molar-refractivity contribution < 1.29 is 19.1 Å². The van der Waals surface area contributed by atoms with Gasteiger partial charge < -0.3 is 19.7 Å². The van der Waals surface area contributed by atoms with Gasteiger partial charge in [0.2, 0.25) is 0 Å². The van der Waals surface area contributed by atoms with E-state index < -0.39 is 17.8 Å². The van der Waals surface area contributed by atoms with E-state index in [4.69, 9.17) is 9.47 Å². The maximum Gasteiger partial charge on any atom is 0.410 e. The smallest absolute Gasteiger partial charge is 0.410 e. The van der Waals surface area contributed by atoms with E-state index in [0.29, 0.717) is 19.5 Å². The summed E-state index contributed by atoms with van der Waals surface area (Å²) in [6.07, 6.45) is -0.334. The van der Waals surface area contributed by atoms with Crippen molar-refractivity contribution >= 4 is 12.0 Å². The number of amides is 2. The van der Waals surface area contributed by atoms with Gasteiger partial charge in [0.1, 0.15) is 11.4 Å². The molecule has 126 valence electrons. The summed E-state index contributed by atoms with van der Waals surface area (Å²) in [5.74, 6) is 0.595.